The number of nitrogens with zero attached hydrogens (tertiary/aromatic N) is 3. The van der Waals surface area contributed by atoms with Crippen LogP contribution in [0.5, 0.6) is 5.75 Å². The molecule has 2 rings (SSSR count). The van der Waals surface area contributed by atoms with E-state index in [1.54, 1.807) is 7.11 Å². The van der Waals surface area contributed by atoms with Gasteiger partial charge in [0.15, 0.2) is 0 Å². The van der Waals surface area contributed by atoms with E-state index in [2.05, 4.69) is 21.7 Å². The molecule has 4 heteroatoms. The topological polar surface area (TPSA) is 28.6 Å². The molecule has 4 nitrogen and oxygen atoms in total. The van der Waals surface area contributed by atoms with E-state index in [9.17, 15) is 0 Å². The van der Waals surface area contributed by atoms with Crippen molar-refractivity contribution in [3.63, 3.8) is 0 Å². The fourth-order valence-electron chi connectivity index (χ4n) is 2.23. The summed E-state index contributed by atoms with van der Waals surface area (Å²) < 4.78 is 5.44. The zero-order valence-electron chi connectivity index (χ0n) is 10.9. The maximum absolute atomic E-state index is 5.44. The Hall–Kier alpha value is -1.29. The molecule has 17 heavy (non-hydrogen) atoms. The molecule has 1 aliphatic heterocycles. The molecule has 1 aliphatic rings. The number of methoxy groups -OCH3 is 1. The lowest BCUT2D eigenvalue weighted by atomic mass is 10.2. The lowest BCUT2D eigenvalue weighted by molar-refractivity contribution is 0.270. The van der Waals surface area contributed by atoms with Crippen LogP contribution in [0.25, 0.3) is 0 Å². The molecule has 94 valence electrons. The van der Waals surface area contributed by atoms with Crippen LogP contribution < -0.4 is 9.64 Å². The maximum atomic E-state index is 5.44. The van der Waals surface area contributed by atoms with E-state index >= 15 is 0 Å². The quantitative estimate of drug-likeness (QED) is 0.794. The predicted molar refractivity (Wildman–Crippen MR) is 69.9 cm³/mol. The molecule has 2 heterocycles. The highest BCUT2D eigenvalue weighted by atomic mass is 16.5. The zero-order valence-corrected chi connectivity index (χ0v) is 10.9. The van der Waals surface area contributed by atoms with Crippen LogP contribution >= 0.6 is 0 Å². The molecule has 0 bridgehead atoms. The number of aromatic nitrogens is 1. The Morgan fingerprint density at radius 2 is 2.00 bits per heavy atom. The number of rotatable bonds is 3. The van der Waals surface area contributed by atoms with Crippen LogP contribution in [0.3, 0.4) is 0 Å². The van der Waals surface area contributed by atoms with Gasteiger partial charge in [0, 0.05) is 37.9 Å². The van der Waals surface area contributed by atoms with Crippen LogP contribution in [0.4, 0.5) is 5.69 Å². The van der Waals surface area contributed by atoms with Gasteiger partial charge in [-0.25, -0.2) is 0 Å². The van der Waals surface area contributed by atoms with Gasteiger partial charge in [-0.1, -0.05) is 6.92 Å². The van der Waals surface area contributed by atoms with Crippen molar-refractivity contribution in [2.75, 3.05) is 44.7 Å². The standard InChI is InChI=1S/C13H21N3O/c1-4-15-5-7-16(8-6-15)12-10-14-11(2)9-13(12)17-3/h9-10H,4-8H2,1-3H3. The maximum Gasteiger partial charge on any atom is 0.145 e. The van der Waals surface area contributed by atoms with E-state index in [0.717, 1.165) is 49.9 Å². The molecule has 1 aromatic rings. The molecule has 0 aliphatic carbocycles. The van der Waals surface area contributed by atoms with Crippen LogP contribution in [0, 0.1) is 6.92 Å². The summed E-state index contributed by atoms with van der Waals surface area (Å²) in [4.78, 5) is 9.19. The van der Waals surface area contributed by atoms with Crippen molar-refractivity contribution in [3.8, 4) is 5.75 Å². The molecule has 0 N–H and O–H groups in total. The summed E-state index contributed by atoms with van der Waals surface area (Å²) in [5.41, 5.74) is 2.12. The third-order valence-electron chi connectivity index (χ3n) is 3.36. The summed E-state index contributed by atoms with van der Waals surface area (Å²) in [5, 5.41) is 0. The number of ether oxygens (including phenoxy) is 1. The average molecular weight is 235 g/mol. The molecular weight excluding hydrogens is 214 g/mol. The first-order valence-corrected chi connectivity index (χ1v) is 6.22. The summed E-state index contributed by atoms with van der Waals surface area (Å²) in [6.07, 6.45) is 1.93. The van der Waals surface area contributed by atoms with Crippen LogP contribution in [0.1, 0.15) is 12.6 Å². The van der Waals surface area contributed by atoms with E-state index in [1.807, 2.05) is 19.2 Å². The van der Waals surface area contributed by atoms with Gasteiger partial charge in [-0.15, -0.1) is 0 Å². The van der Waals surface area contributed by atoms with E-state index in [4.69, 9.17) is 4.74 Å². The van der Waals surface area contributed by atoms with Gasteiger partial charge in [0.05, 0.1) is 19.0 Å². The number of hydrogen-bond acceptors (Lipinski definition) is 4. The fraction of sp³-hybridized carbons (Fsp3) is 0.615. The minimum Gasteiger partial charge on any atom is -0.494 e. The second-order valence-electron chi connectivity index (χ2n) is 4.42. The Balaban J connectivity index is 2.12. The van der Waals surface area contributed by atoms with Crippen LogP contribution in [0.15, 0.2) is 12.3 Å². The average Bonchev–Trinajstić information content (AvgIpc) is 2.39. The number of aryl methyl sites for hydroxylation is 1. The number of likely N-dealkylation sites (N-methyl/N-ethyl adjacent to an activating group) is 1. The fourth-order valence-corrected chi connectivity index (χ4v) is 2.23. The largest absolute Gasteiger partial charge is 0.494 e. The van der Waals surface area contributed by atoms with E-state index in [-0.39, 0.29) is 0 Å². The summed E-state index contributed by atoms with van der Waals surface area (Å²) in [5.74, 6) is 0.933. The molecule has 0 saturated carbocycles. The van der Waals surface area contributed by atoms with Gasteiger partial charge in [-0.3, -0.25) is 4.98 Å². The highest BCUT2D eigenvalue weighted by Gasteiger charge is 2.18. The Morgan fingerprint density at radius 1 is 1.29 bits per heavy atom. The third kappa shape index (κ3) is 2.69. The van der Waals surface area contributed by atoms with Gasteiger partial charge in [0.2, 0.25) is 0 Å². The summed E-state index contributed by atoms with van der Waals surface area (Å²) in [7, 11) is 1.72. The highest BCUT2D eigenvalue weighted by molar-refractivity contribution is 5.57. The summed E-state index contributed by atoms with van der Waals surface area (Å²) in [6, 6.07) is 2.00. The minimum absolute atomic E-state index is 0.933. The Labute approximate surface area is 103 Å². The van der Waals surface area contributed by atoms with Gasteiger partial charge in [0.25, 0.3) is 0 Å². The molecule has 0 amide bonds. The van der Waals surface area contributed by atoms with Crippen LogP contribution in [-0.2, 0) is 0 Å². The SMILES string of the molecule is CCN1CCN(c2cnc(C)cc2OC)CC1. The smallest absolute Gasteiger partial charge is 0.145 e. The summed E-state index contributed by atoms with van der Waals surface area (Å²) >= 11 is 0. The van der Waals surface area contributed by atoms with Crippen molar-refractivity contribution < 1.29 is 4.74 Å². The third-order valence-corrected chi connectivity index (χ3v) is 3.36. The van der Waals surface area contributed by atoms with Gasteiger partial charge in [-0.2, -0.15) is 0 Å². The van der Waals surface area contributed by atoms with Crippen molar-refractivity contribution in [1.29, 1.82) is 0 Å². The van der Waals surface area contributed by atoms with Gasteiger partial charge in [-0.05, 0) is 13.5 Å². The molecule has 0 aromatic carbocycles. The highest BCUT2D eigenvalue weighted by Crippen LogP contribution is 2.28. The van der Waals surface area contributed by atoms with Crippen molar-refractivity contribution in [1.82, 2.24) is 9.88 Å². The zero-order chi connectivity index (χ0) is 12.3. The second-order valence-corrected chi connectivity index (χ2v) is 4.42. The molecule has 1 saturated heterocycles. The van der Waals surface area contributed by atoms with Crippen molar-refractivity contribution in [3.05, 3.63) is 18.0 Å². The first kappa shape index (κ1) is 12.2. The molecule has 1 aromatic heterocycles. The van der Waals surface area contributed by atoms with Crippen molar-refractivity contribution in [2.24, 2.45) is 0 Å². The monoisotopic (exact) mass is 235 g/mol. The summed E-state index contributed by atoms with van der Waals surface area (Å²) in [6.45, 7) is 9.67. The van der Waals surface area contributed by atoms with E-state index in [0.29, 0.717) is 0 Å². The molecule has 0 unspecified atom stereocenters. The van der Waals surface area contributed by atoms with Crippen LogP contribution in [0.2, 0.25) is 0 Å². The minimum atomic E-state index is 0.933. The molecular formula is C13H21N3O. The lowest BCUT2D eigenvalue weighted by Crippen LogP contribution is -2.46. The van der Waals surface area contributed by atoms with E-state index < -0.39 is 0 Å². The van der Waals surface area contributed by atoms with Crippen LogP contribution in [-0.4, -0.2) is 49.7 Å². The lowest BCUT2D eigenvalue weighted by Gasteiger charge is -2.35. The Kier molecular flexibility index (Phi) is 3.84. The van der Waals surface area contributed by atoms with Crippen molar-refractivity contribution in [2.45, 2.75) is 13.8 Å². The van der Waals surface area contributed by atoms with Crippen molar-refractivity contribution >= 4 is 5.69 Å². The second kappa shape index (κ2) is 5.36. The molecule has 0 radical (unpaired) electrons. The number of anilines is 1. The van der Waals surface area contributed by atoms with E-state index in [1.165, 1.54) is 0 Å². The molecule has 0 atom stereocenters. The first-order chi connectivity index (χ1) is 8.24. The number of piperazine rings is 1. The number of pyridine rings is 1. The predicted octanol–water partition coefficient (Wildman–Crippen LogP) is 1.54. The Bertz CT molecular complexity index is 373. The van der Waals surface area contributed by atoms with Gasteiger partial charge >= 0.3 is 0 Å². The normalized spacial score (nSPS) is 17.2. The first-order valence-electron chi connectivity index (χ1n) is 6.22. The van der Waals surface area contributed by atoms with Gasteiger partial charge in [0.1, 0.15) is 5.75 Å². The molecule has 1 fully saturated rings. The Morgan fingerprint density at radius 3 is 2.59 bits per heavy atom. The number of hydrogen-bond donors (Lipinski definition) is 0. The van der Waals surface area contributed by atoms with Gasteiger partial charge < -0.3 is 14.5 Å². The molecule has 0 spiro atoms.